The van der Waals surface area contributed by atoms with Gasteiger partial charge in [-0.3, -0.25) is 9.59 Å². The summed E-state index contributed by atoms with van der Waals surface area (Å²) in [6, 6.07) is -0.389. The fourth-order valence-electron chi connectivity index (χ4n) is 1.36. The molecule has 0 aromatic carbocycles. The first kappa shape index (κ1) is 14.2. The van der Waals surface area contributed by atoms with Crippen molar-refractivity contribution in [3.05, 3.63) is 11.6 Å². The number of carbonyl (C=O) groups excluding carboxylic acids is 2. The lowest BCUT2D eigenvalue weighted by molar-refractivity contribution is -0.126. The summed E-state index contributed by atoms with van der Waals surface area (Å²) in [5.41, 5.74) is 0. The summed E-state index contributed by atoms with van der Waals surface area (Å²) in [5, 5.41) is 4.61. The van der Waals surface area contributed by atoms with Crippen molar-refractivity contribution in [1.29, 1.82) is 0 Å². The molecule has 0 fully saturated rings. The second kappa shape index (κ2) is 6.76. The van der Waals surface area contributed by atoms with Crippen LogP contribution in [0, 0.1) is 5.92 Å². The van der Waals surface area contributed by atoms with E-state index in [9.17, 15) is 9.59 Å². The average Bonchev–Trinajstić information content (AvgIpc) is 2.74. The van der Waals surface area contributed by atoms with Gasteiger partial charge >= 0.3 is 0 Å². The van der Waals surface area contributed by atoms with Crippen LogP contribution in [-0.2, 0) is 9.59 Å². The Balaban J connectivity index is 2.40. The molecule has 17 heavy (non-hydrogen) atoms. The van der Waals surface area contributed by atoms with Crippen LogP contribution in [0.5, 0.6) is 0 Å². The molecule has 1 rings (SSSR count). The third kappa shape index (κ3) is 4.87. The molecule has 1 aromatic rings. The van der Waals surface area contributed by atoms with Gasteiger partial charge in [-0.2, -0.15) is 0 Å². The second-order valence-electron chi connectivity index (χ2n) is 3.99. The highest BCUT2D eigenvalue weighted by Crippen LogP contribution is 2.19. The van der Waals surface area contributed by atoms with Gasteiger partial charge < -0.3 is 5.32 Å². The molecule has 1 N–H and O–H groups in total. The number of hydrogen-bond acceptors (Lipinski definition) is 5. The third-order valence-electron chi connectivity index (χ3n) is 2.16. The molecule has 0 bridgehead atoms. The topological polar surface area (TPSA) is 59.1 Å². The minimum atomic E-state index is -0.389. The van der Waals surface area contributed by atoms with Crippen molar-refractivity contribution in [1.82, 2.24) is 10.3 Å². The van der Waals surface area contributed by atoms with Gasteiger partial charge in [0.25, 0.3) is 0 Å². The lowest BCUT2D eigenvalue weighted by Gasteiger charge is -2.19. The van der Waals surface area contributed by atoms with Crippen molar-refractivity contribution in [3.63, 3.8) is 0 Å². The fourth-order valence-corrected chi connectivity index (χ4v) is 2.81. The molecule has 0 saturated heterocycles. The van der Waals surface area contributed by atoms with Gasteiger partial charge in [0.05, 0.1) is 11.8 Å². The van der Waals surface area contributed by atoms with Crippen LogP contribution in [0.15, 0.2) is 15.9 Å². The number of thioether (sulfide) groups is 1. The van der Waals surface area contributed by atoms with Gasteiger partial charge in [-0.1, -0.05) is 25.6 Å². The van der Waals surface area contributed by atoms with Crippen LogP contribution in [0.1, 0.15) is 20.8 Å². The van der Waals surface area contributed by atoms with Crippen molar-refractivity contribution in [2.75, 3.05) is 5.75 Å². The zero-order valence-corrected chi connectivity index (χ0v) is 11.7. The zero-order chi connectivity index (χ0) is 12.8. The largest absolute Gasteiger partial charge is 0.345 e. The number of amides is 1. The number of rotatable bonds is 6. The monoisotopic (exact) mass is 272 g/mol. The first-order chi connectivity index (χ1) is 8.00. The highest BCUT2D eigenvalue weighted by atomic mass is 32.2. The molecule has 1 aromatic heterocycles. The SMILES string of the molecule is CC(=O)C(NC(=O)CSc1nccs1)C(C)C. The number of carbonyl (C=O) groups is 2. The van der Waals surface area contributed by atoms with Gasteiger partial charge in [-0.05, 0) is 12.8 Å². The van der Waals surface area contributed by atoms with Gasteiger partial charge in [0.2, 0.25) is 5.91 Å². The molecular formula is C11H16N2O2S2. The second-order valence-corrected chi connectivity index (χ2v) is 6.10. The normalized spacial score (nSPS) is 12.5. The van der Waals surface area contributed by atoms with E-state index in [-0.39, 0.29) is 23.7 Å². The van der Waals surface area contributed by atoms with E-state index in [0.29, 0.717) is 5.75 Å². The van der Waals surface area contributed by atoms with Crippen LogP contribution in [0.2, 0.25) is 0 Å². The summed E-state index contributed by atoms with van der Waals surface area (Å²) in [5.74, 6) is 0.275. The number of Topliss-reactive ketones (excluding diaryl/α,β-unsaturated/α-hetero) is 1. The molecular weight excluding hydrogens is 256 g/mol. The molecule has 0 aliphatic carbocycles. The minimum Gasteiger partial charge on any atom is -0.345 e. The van der Waals surface area contributed by atoms with Gasteiger partial charge in [0, 0.05) is 11.6 Å². The first-order valence-electron chi connectivity index (χ1n) is 5.32. The van der Waals surface area contributed by atoms with E-state index in [1.807, 2.05) is 19.2 Å². The Kier molecular flexibility index (Phi) is 5.64. The molecule has 0 radical (unpaired) electrons. The number of nitrogens with zero attached hydrogens (tertiary/aromatic N) is 1. The molecule has 0 saturated carbocycles. The quantitative estimate of drug-likeness (QED) is 0.804. The highest BCUT2D eigenvalue weighted by molar-refractivity contribution is 8.01. The number of aromatic nitrogens is 1. The molecule has 1 unspecified atom stereocenters. The summed E-state index contributed by atoms with van der Waals surface area (Å²) in [4.78, 5) is 27.0. The van der Waals surface area contributed by atoms with Gasteiger partial charge in [0.15, 0.2) is 5.78 Å². The van der Waals surface area contributed by atoms with Crippen LogP contribution < -0.4 is 5.32 Å². The lowest BCUT2D eigenvalue weighted by Crippen LogP contribution is -2.44. The molecule has 0 spiro atoms. The summed E-state index contributed by atoms with van der Waals surface area (Å²) >= 11 is 2.89. The Labute approximate surface area is 109 Å². The lowest BCUT2D eigenvalue weighted by atomic mass is 10.0. The Bertz CT molecular complexity index is 377. The summed E-state index contributed by atoms with van der Waals surface area (Å²) < 4.78 is 0.865. The van der Waals surface area contributed by atoms with Crippen LogP contribution >= 0.6 is 23.1 Å². The number of ketones is 1. The van der Waals surface area contributed by atoms with Crippen molar-refractivity contribution in [3.8, 4) is 0 Å². The maximum absolute atomic E-state index is 11.7. The third-order valence-corrected chi connectivity index (χ3v) is 4.12. The van der Waals surface area contributed by atoms with Crippen LogP contribution in [-0.4, -0.2) is 28.5 Å². The summed E-state index contributed by atoms with van der Waals surface area (Å²) in [6.07, 6.45) is 1.71. The fraction of sp³-hybridized carbons (Fsp3) is 0.545. The van der Waals surface area contributed by atoms with E-state index in [1.54, 1.807) is 6.20 Å². The van der Waals surface area contributed by atoms with E-state index in [0.717, 1.165) is 4.34 Å². The number of thiazole rings is 1. The standard InChI is InChI=1S/C11H16N2O2S2/c1-7(2)10(8(3)14)13-9(15)6-17-11-12-4-5-16-11/h4-5,7,10H,6H2,1-3H3,(H,13,15). The molecule has 0 aliphatic rings. The van der Waals surface area contributed by atoms with E-state index < -0.39 is 0 Å². The van der Waals surface area contributed by atoms with Gasteiger partial charge in [0.1, 0.15) is 4.34 Å². The van der Waals surface area contributed by atoms with Crippen molar-refractivity contribution in [2.24, 2.45) is 5.92 Å². The van der Waals surface area contributed by atoms with E-state index in [4.69, 9.17) is 0 Å². The zero-order valence-electron chi connectivity index (χ0n) is 10.1. The average molecular weight is 272 g/mol. The smallest absolute Gasteiger partial charge is 0.231 e. The van der Waals surface area contributed by atoms with E-state index >= 15 is 0 Å². The molecule has 0 aliphatic heterocycles. The molecule has 1 atom stereocenters. The Morgan fingerprint density at radius 2 is 2.24 bits per heavy atom. The number of nitrogens with one attached hydrogen (secondary N) is 1. The first-order valence-corrected chi connectivity index (χ1v) is 7.19. The van der Waals surface area contributed by atoms with E-state index in [1.165, 1.54) is 30.0 Å². The van der Waals surface area contributed by atoms with E-state index in [2.05, 4.69) is 10.3 Å². The molecule has 1 heterocycles. The maximum Gasteiger partial charge on any atom is 0.231 e. The molecule has 6 heteroatoms. The van der Waals surface area contributed by atoms with Crippen LogP contribution in [0.4, 0.5) is 0 Å². The molecule has 94 valence electrons. The van der Waals surface area contributed by atoms with Gasteiger partial charge in [-0.15, -0.1) is 11.3 Å². The Morgan fingerprint density at radius 1 is 1.53 bits per heavy atom. The number of hydrogen-bond donors (Lipinski definition) is 1. The Hall–Kier alpha value is -0.880. The Morgan fingerprint density at radius 3 is 2.71 bits per heavy atom. The van der Waals surface area contributed by atoms with Crippen LogP contribution in [0.3, 0.4) is 0 Å². The summed E-state index contributed by atoms with van der Waals surface area (Å²) in [6.45, 7) is 5.33. The molecule has 4 nitrogen and oxygen atoms in total. The highest BCUT2D eigenvalue weighted by Gasteiger charge is 2.20. The van der Waals surface area contributed by atoms with Crippen molar-refractivity contribution >= 4 is 34.8 Å². The predicted octanol–water partition coefficient (Wildman–Crippen LogP) is 1.96. The minimum absolute atomic E-state index is 0.00685. The van der Waals surface area contributed by atoms with Crippen molar-refractivity contribution in [2.45, 2.75) is 31.2 Å². The van der Waals surface area contributed by atoms with Gasteiger partial charge in [-0.25, -0.2) is 4.98 Å². The predicted molar refractivity (Wildman–Crippen MR) is 70.3 cm³/mol. The van der Waals surface area contributed by atoms with Crippen LogP contribution in [0.25, 0.3) is 0 Å². The maximum atomic E-state index is 11.7. The molecule has 1 amide bonds. The van der Waals surface area contributed by atoms with Crippen molar-refractivity contribution < 1.29 is 9.59 Å². The summed E-state index contributed by atoms with van der Waals surface area (Å²) in [7, 11) is 0.